The van der Waals surface area contributed by atoms with Crippen molar-refractivity contribution >= 4 is 30.1 Å². The highest BCUT2D eigenvalue weighted by Gasteiger charge is 2.05. The van der Waals surface area contributed by atoms with Crippen LogP contribution in [0.2, 0.25) is 12.6 Å². The third-order valence-corrected chi connectivity index (χ3v) is 2.12. The van der Waals surface area contributed by atoms with Crippen molar-refractivity contribution in [3.8, 4) is 0 Å². The summed E-state index contributed by atoms with van der Waals surface area (Å²) in [5.41, 5.74) is 0. The van der Waals surface area contributed by atoms with Crippen molar-refractivity contribution in [3.63, 3.8) is 0 Å². The Labute approximate surface area is 59.2 Å². The monoisotopic (exact) mass is 208 g/mol. The first-order valence-corrected chi connectivity index (χ1v) is 3.58. The van der Waals surface area contributed by atoms with E-state index in [1.54, 1.807) is 0 Å². The molecule has 7 heavy (non-hydrogen) atoms. The summed E-state index contributed by atoms with van der Waals surface area (Å²) in [6.07, 6.45) is 2.56. The van der Waals surface area contributed by atoms with E-state index in [1.807, 2.05) is 0 Å². The minimum atomic E-state index is 1.25. The first-order valence-electron chi connectivity index (χ1n) is 2.62. The SMILES string of the molecule is IN1CC[B]CC1. The quantitative estimate of drug-likeness (QED) is 0.328. The van der Waals surface area contributed by atoms with Crippen molar-refractivity contribution < 1.29 is 0 Å². The zero-order valence-electron chi connectivity index (χ0n) is 4.23. The largest absolute Gasteiger partial charge is 0.249 e. The van der Waals surface area contributed by atoms with Gasteiger partial charge in [0.05, 0.1) is 0 Å². The lowest BCUT2D eigenvalue weighted by atomic mass is 9.69. The third-order valence-electron chi connectivity index (χ3n) is 1.15. The zero-order chi connectivity index (χ0) is 5.11. The lowest BCUT2D eigenvalue weighted by Crippen LogP contribution is -2.22. The molecule has 0 aromatic rings. The van der Waals surface area contributed by atoms with Crippen LogP contribution in [-0.4, -0.2) is 23.5 Å². The number of halogens is 1. The first-order chi connectivity index (χ1) is 3.39. The van der Waals surface area contributed by atoms with Crippen LogP contribution in [0.1, 0.15) is 0 Å². The number of nitrogens with zero attached hydrogens (tertiary/aromatic N) is 1. The van der Waals surface area contributed by atoms with Gasteiger partial charge in [0, 0.05) is 36.0 Å². The van der Waals surface area contributed by atoms with Gasteiger partial charge in [0.15, 0.2) is 0 Å². The van der Waals surface area contributed by atoms with E-state index in [1.165, 1.54) is 25.7 Å². The molecular weight excluding hydrogens is 200 g/mol. The maximum Gasteiger partial charge on any atom is 0.112 e. The molecule has 39 valence electrons. The van der Waals surface area contributed by atoms with Gasteiger partial charge in [-0.25, -0.2) is 3.11 Å². The summed E-state index contributed by atoms with van der Waals surface area (Å²) >= 11 is 2.37. The van der Waals surface area contributed by atoms with E-state index in [0.29, 0.717) is 0 Å². The summed E-state index contributed by atoms with van der Waals surface area (Å²) in [5.74, 6) is 0. The van der Waals surface area contributed by atoms with E-state index in [2.05, 4.69) is 33.3 Å². The molecule has 0 aromatic carbocycles. The molecule has 1 fully saturated rings. The van der Waals surface area contributed by atoms with Gasteiger partial charge >= 0.3 is 0 Å². The minimum absolute atomic E-state index is 1.25. The van der Waals surface area contributed by atoms with Gasteiger partial charge in [0.1, 0.15) is 7.28 Å². The average Bonchev–Trinajstić information content (AvgIpc) is 1.69. The normalized spacial score (nSPS) is 24.1. The first kappa shape index (κ1) is 5.88. The molecule has 1 saturated heterocycles. The molecule has 0 amide bonds. The maximum atomic E-state index is 2.37. The number of rotatable bonds is 0. The summed E-state index contributed by atoms with van der Waals surface area (Å²) in [6, 6.07) is 0. The Morgan fingerprint density at radius 2 is 1.86 bits per heavy atom. The van der Waals surface area contributed by atoms with Crippen LogP contribution in [0.4, 0.5) is 0 Å². The molecule has 0 atom stereocenters. The summed E-state index contributed by atoms with van der Waals surface area (Å²) in [7, 11) is 2.36. The van der Waals surface area contributed by atoms with E-state index in [9.17, 15) is 0 Å². The molecule has 1 aliphatic heterocycles. The third kappa shape index (κ3) is 1.99. The Morgan fingerprint density at radius 1 is 1.29 bits per heavy atom. The van der Waals surface area contributed by atoms with Gasteiger partial charge in [0.2, 0.25) is 0 Å². The molecule has 0 N–H and O–H groups in total. The van der Waals surface area contributed by atoms with Gasteiger partial charge in [-0.05, 0) is 0 Å². The predicted molar refractivity (Wildman–Crippen MR) is 41.0 cm³/mol. The van der Waals surface area contributed by atoms with Crippen LogP contribution in [-0.2, 0) is 0 Å². The second-order valence-electron chi connectivity index (χ2n) is 1.78. The van der Waals surface area contributed by atoms with Crippen molar-refractivity contribution in [2.45, 2.75) is 12.6 Å². The van der Waals surface area contributed by atoms with Gasteiger partial charge in [-0.1, -0.05) is 12.6 Å². The molecule has 0 spiro atoms. The van der Waals surface area contributed by atoms with Crippen molar-refractivity contribution in [1.82, 2.24) is 3.11 Å². The Morgan fingerprint density at radius 3 is 2.14 bits per heavy atom. The maximum absolute atomic E-state index is 2.37. The molecule has 0 bridgehead atoms. The summed E-state index contributed by atoms with van der Waals surface area (Å²) in [4.78, 5) is 0. The standard InChI is InChI=1S/C4H8BIN/c6-7-3-1-5-2-4-7/h1-4H2. The van der Waals surface area contributed by atoms with Crippen LogP contribution < -0.4 is 0 Å². The minimum Gasteiger partial charge on any atom is -0.249 e. The molecule has 3 heteroatoms. The van der Waals surface area contributed by atoms with Crippen molar-refractivity contribution in [3.05, 3.63) is 0 Å². The van der Waals surface area contributed by atoms with E-state index in [-0.39, 0.29) is 0 Å². The fourth-order valence-electron chi connectivity index (χ4n) is 0.719. The molecule has 0 aromatic heterocycles. The van der Waals surface area contributed by atoms with Gasteiger partial charge in [0.25, 0.3) is 0 Å². The van der Waals surface area contributed by atoms with Crippen LogP contribution >= 0.6 is 22.9 Å². The van der Waals surface area contributed by atoms with E-state index in [4.69, 9.17) is 0 Å². The van der Waals surface area contributed by atoms with Gasteiger partial charge < -0.3 is 0 Å². The molecule has 1 aliphatic rings. The van der Waals surface area contributed by atoms with Crippen molar-refractivity contribution in [1.29, 1.82) is 0 Å². The highest BCUT2D eigenvalue weighted by Crippen LogP contribution is 2.07. The number of hydrogen-bond donors (Lipinski definition) is 0. The van der Waals surface area contributed by atoms with Crippen LogP contribution in [0.3, 0.4) is 0 Å². The molecular formula is C4H8BIN. The highest BCUT2D eigenvalue weighted by molar-refractivity contribution is 14.1. The Bertz CT molecular complexity index is 53.7. The second-order valence-corrected chi connectivity index (χ2v) is 3.14. The predicted octanol–water partition coefficient (Wildman–Crippen LogP) is 1.19. The molecule has 1 nitrogen and oxygen atoms in total. The lowest BCUT2D eigenvalue weighted by Gasteiger charge is -2.17. The fourth-order valence-corrected chi connectivity index (χ4v) is 1.28. The van der Waals surface area contributed by atoms with E-state index in [0.717, 1.165) is 0 Å². The van der Waals surface area contributed by atoms with E-state index >= 15 is 0 Å². The summed E-state index contributed by atoms with van der Waals surface area (Å²) < 4.78 is 2.33. The molecule has 1 rings (SSSR count). The Kier molecular flexibility index (Phi) is 2.45. The van der Waals surface area contributed by atoms with Crippen LogP contribution in [0.25, 0.3) is 0 Å². The Balaban J connectivity index is 2.12. The van der Waals surface area contributed by atoms with Crippen LogP contribution in [0, 0.1) is 0 Å². The number of hydrogen-bond acceptors (Lipinski definition) is 1. The topological polar surface area (TPSA) is 3.24 Å². The van der Waals surface area contributed by atoms with Gasteiger partial charge in [-0.3, -0.25) is 0 Å². The zero-order valence-corrected chi connectivity index (χ0v) is 6.39. The smallest absolute Gasteiger partial charge is 0.112 e. The average molecular weight is 208 g/mol. The van der Waals surface area contributed by atoms with E-state index < -0.39 is 0 Å². The summed E-state index contributed by atoms with van der Waals surface area (Å²) in [5, 5.41) is 0. The second kappa shape index (κ2) is 2.92. The molecule has 1 heterocycles. The Hall–Kier alpha value is 0.755. The molecule has 0 aliphatic carbocycles. The lowest BCUT2D eigenvalue weighted by molar-refractivity contribution is 0.546. The molecule has 0 unspecified atom stereocenters. The van der Waals surface area contributed by atoms with Crippen molar-refractivity contribution in [2.75, 3.05) is 13.1 Å². The van der Waals surface area contributed by atoms with Crippen LogP contribution in [0.15, 0.2) is 0 Å². The van der Waals surface area contributed by atoms with Gasteiger partial charge in [-0.2, -0.15) is 0 Å². The molecule has 1 radical (unpaired) electrons. The molecule has 0 saturated carbocycles. The van der Waals surface area contributed by atoms with Crippen LogP contribution in [0.5, 0.6) is 0 Å². The van der Waals surface area contributed by atoms with Gasteiger partial charge in [-0.15, -0.1) is 0 Å². The highest BCUT2D eigenvalue weighted by atomic mass is 127. The fraction of sp³-hybridized carbons (Fsp3) is 1.00. The summed E-state index contributed by atoms with van der Waals surface area (Å²) in [6.45, 7) is 2.50. The van der Waals surface area contributed by atoms with Crippen molar-refractivity contribution in [2.24, 2.45) is 0 Å².